The number of hydrogen-bond donors (Lipinski definition) is 4. The van der Waals surface area contributed by atoms with E-state index in [0.29, 0.717) is 0 Å². The number of nitrogens with one attached hydrogen (secondary N) is 4. The van der Waals surface area contributed by atoms with Gasteiger partial charge in [0.15, 0.2) is 0 Å². The van der Waals surface area contributed by atoms with Crippen LogP contribution in [0.15, 0.2) is 60.7 Å². The SMILES string of the molecule is O=C(N[C@@H]1CCCC[C@H]1NCc1ccccc1)C(=O)N[C@@H]1CCCC[C@H]1NCc1ccccc1. The van der Waals surface area contributed by atoms with Gasteiger partial charge in [-0.1, -0.05) is 86.3 Å². The van der Waals surface area contributed by atoms with Crippen molar-refractivity contribution in [3.05, 3.63) is 71.8 Å². The monoisotopic (exact) mass is 462 g/mol. The molecule has 2 aliphatic carbocycles. The molecule has 0 saturated heterocycles. The molecule has 0 heterocycles. The van der Waals surface area contributed by atoms with E-state index in [1.54, 1.807) is 0 Å². The predicted octanol–water partition coefficient (Wildman–Crippen LogP) is 3.42. The van der Waals surface area contributed by atoms with E-state index in [4.69, 9.17) is 0 Å². The van der Waals surface area contributed by atoms with Gasteiger partial charge in [-0.05, 0) is 36.8 Å². The van der Waals surface area contributed by atoms with Crippen molar-refractivity contribution in [3.63, 3.8) is 0 Å². The maximum Gasteiger partial charge on any atom is 0.309 e. The summed E-state index contributed by atoms with van der Waals surface area (Å²) in [6, 6.07) is 20.9. The summed E-state index contributed by atoms with van der Waals surface area (Å²) in [7, 11) is 0. The van der Waals surface area contributed by atoms with E-state index in [2.05, 4.69) is 45.5 Å². The van der Waals surface area contributed by atoms with Gasteiger partial charge in [-0.3, -0.25) is 9.59 Å². The molecule has 0 aromatic heterocycles. The molecule has 182 valence electrons. The van der Waals surface area contributed by atoms with Gasteiger partial charge < -0.3 is 21.3 Å². The van der Waals surface area contributed by atoms with Crippen LogP contribution in [0.4, 0.5) is 0 Å². The molecule has 4 atom stereocenters. The Hall–Kier alpha value is -2.70. The third-order valence-corrected chi connectivity index (χ3v) is 7.19. The molecule has 0 aliphatic heterocycles. The number of rotatable bonds is 8. The third-order valence-electron chi connectivity index (χ3n) is 7.19. The number of carbonyl (C=O) groups excluding carboxylic acids is 2. The van der Waals surface area contributed by atoms with Gasteiger partial charge in [-0.2, -0.15) is 0 Å². The van der Waals surface area contributed by atoms with Gasteiger partial charge in [0.05, 0.1) is 0 Å². The Morgan fingerprint density at radius 1 is 0.559 bits per heavy atom. The Kier molecular flexibility index (Phi) is 9.11. The highest BCUT2D eigenvalue weighted by Crippen LogP contribution is 2.21. The topological polar surface area (TPSA) is 82.3 Å². The van der Waals surface area contributed by atoms with Crippen molar-refractivity contribution < 1.29 is 9.59 Å². The molecular formula is C28H38N4O2. The lowest BCUT2D eigenvalue weighted by Gasteiger charge is -2.34. The van der Waals surface area contributed by atoms with Gasteiger partial charge in [0, 0.05) is 37.3 Å². The van der Waals surface area contributed by atoms with Gasteiger partial charge in [0.25, 0.3) is 0 Å². The Morgan fingerprint density at radius 2 is 0.912 bits per heavy atom. The van der Waals surface area contributed by atoms with Gasteiger partial charge in [0.1, 0.15) is 0 Å². The second-order valence-corrected chi connectivity index (χ2v) is 9.67. The maximum atomic E-state index is 12.8. The molecule has 2 amide bonds. The fourth-order valence-electron chi connectivity index (χ4n) is 5.25. The minimum Gasteiger partial charge on any atom is -0.344 e. The molecule has 4 N–H and O–H groups in total. The molecule has 0 bridgehead atoms. The van der Waals surface area contributed by atoms with Crippen molar-refractivity contribution in [2.24, 2.45) is 0 Å². The van der Waals surface area contributed by atoms with E-state index in [1.807, 2.05) is 36.4 Å². The normalized spacial score (nSPS) is 24.8. The molecule has 0 spiro atoms. The highest BCUT2D eigenvalue weighted by molar-refractivity contribution is 6.35. The molecule has 2 fully saturated rings. The minimum atomic E-state index is -0.509. The maximum absolute atomic E-state index is 12.8. The molecule has 6 nitrogen and oxygen atoms in total. The van der Waals surface area contributed by atoms with Crippen molar-refractivity contribution in [1.29, 1.82) is 0 Å². The van der Waals surface area contributed by atoms with Crippen molar-refractivity contribution in [2.75, 3.05) is 0 Å². The zero-order valence-corrected chi connectivity index (χ0v) is 20.0. The average molecular weight is 463 g/mol. The van der Waals surface area contributed by atoms with Crippen LogP contribution >= 0.6 is 0 Å². The van der Waals surface area contributed by atoms with Crippen molar-refractivity contribution >= 4 is 11.8 Å². The van der Waals surface area contributed by atoms with E-state index < -0.39 is 11.8 Å². The first-order valence-corrected chi connectivity index (χ1v) is 12.8. The summed E-state index contributed by atoms with van der Waals surface area (Å²) >= 11 is 0. The molecule has 2 aromatic rings. The first kappa shape index (κ1) is 24.4. The number of amides is 2. The van der Waals surface area contributed by atoms with Gasteiger partial charge in [0.2, 0.25) is 0 Å². The van der Waals surface area contributed by atoms with Crippen LogP contribution in [0.5, 0.6) is 0 Å². The minimum absolute atomic E-state index is 0.0194. The highest BCUT2D eigenvalue weighted by Gasteiger charge is 2.31. The smallest absolute Gasteiger partial charge is 0.309 e. The number of carbonyl (C=O) groups is 2. The van der Waals surface area contributed by atoms with Crippen molar-refractivity contribution in [1.82, 2.24) is 21.3 Å². The van der Waals surface area contributed by atoms with E-state index in [-0.39, 0.29) is 24.2 Å². The Bertz CT molecular complexity index is 830. The molecule has 2 saturated carbocycles. The molecule has 6 heteroatoms. The highest BCUT2D eigenvalue weighted by atomic mass is 16.2. The van der Waals surface area contributed by atoms with Crippen LogP contribution in [0, 0.1) is 0 Å². The fraction of sp³-hybridized carbons (Fsp3) is 0.500. The molecule has 34 heavy (non-hydrogen) atoms. The zero-order valence-electron chi connectivity index (χ0n) is 20.0. The summed E-state index contributed by atoms with van der Waals surface area (Å²) in [6.07, 6.45) is 8.24. The van der Waals surface area contributed by atoms with Crippen LogP contribution in [0.25, 0.3) is 0 Å². The van der Waals surface area contributed by atoms with Crippen molar-refractivity contribution in [3.8, 4) is 0 Å². The number of benzene rings is 2. The summed E-state index contributed by atoms with van der Waals surface area (Å²) in [5.74, 6) is -1.02. The van der Waals surface area contributed by atoms with E-state index >= 15 is 0 Å². The molecule has 0 radical (unpaired) electrons. The Labute approximate surface area is 203 Å². The molecule has 2 aliphatic rings. The predicted molar refractivity (Wildman–Crippen MR) is 135 cm³/mol. The van der Waals surface area contributed by atoms with E-state index in [1.165, 1.54) is 11.1 Å². The lowest BCUT2D eigenvalue weighted by molar-refractivity contribution is -0.140. The number of hydrogen-bond acceptors (Lipinski definition) is 4. The largest absolute Gasteiger partial charge is 0.344 e. The molecule has 4 rings (SSSR count). The van der Waals surface area contributed by atoms with Crippen LogP contribution in [0.3, 0.4) is 0 Å². The Balaban J connectivity index is 1.27. The van der Waals surface area contributed by atoms with Crippen molar-refractivity contribution in [2.45, 2.75) is 88.6 Å². The van der Waals surface area contributed by atoms with Crippen LogP contribution in [-0.4, -0.2) is 36.0 Å². The summed E-state index contributed by atoms with van der Waals surface area (Å²) in [5.41, 5.74) is 2.45. The summed E-state index contributed by atoms with van der Waals surface area (Å²) < 4.78 is 0. The summed E-state index contributed by atoms with van der Waals surface area (Å²) in [5, 5.41) is 13.3. The molecule has 0 unspecified atom stereocenters. The fourth-order valence-corrected chi connectivity index (χ4v) is 5.25. The lowest BCUT2D eigenvalue weighted by Crippen LogP contribution is -2.57. The first-order chi connectivity index (χ1) is 16.7. The third kappa shape index (κ3) is 7.15. The van der Waals surface area contributed by atoms with Gasteiger partial charge >= 0.3 is 11.8 Å². The van der Waals surface area contributed by atoms with Gasteiger partial charge in [-0.15, -0.1) is 0 Å². The standard InChI is InChI=1S/C28H38N4O2/c33-27(31-25-17-9-7-15-23(25)29-19-21-11-3-1-4-12-21)28(34)32-26-18-10-8-16-24(26)30-20-22-13-5-2-6-14-22/h1-6,11-14,23-26,29-30H,7-10,15-20H2,(H,31,33)(H,32,34)/t23-,24-,25-,26-/m1/s1. The first-order valence-electron chi connectivity index (χ1n) is 12.8. The Morgan fingerprint density at radius 3 is 1.29 bits per heavy atom. The molecule has 2 aromatic carbocycles. The van der Waals surface area contributed by atoms with Crippen LogP contribution in [-0.2, 0) is 22.7 Å². The summed E-state index contributed by atoms with van der Waals surface area (Å²) in [4.78, 5) is 25.6. The van der Waals surface area contributed by atoms with Gasteiger partial charge in [-0.25, -0.2) is 0 Å². The van der Waals surface area contributed by atoms with Crippen LogP contribution in [0.1, 0.15) is 62.5 Å². The van der Waals surface area contributed by atoms with Crippen LogP contribution in [0.2, 0.25) is 0 Å². The zero-order chi connectivity index (χ0) is 23.6. The quantitative estimate of drug-likeness (QED) is 0.453. The average Bonchev–Trinajstić information content (AvgIpc) is 2.89. The lowest BCUT2D eigenvalue weighted by atomic mass is 9.89. The van der Waals surface area contributed by atoms with E-state index in [9.17, 15) is 9.59 Å². The second-order valence-electron chi connectivity index (χ2n) is 9.67. The van der Waals surface area contributed by atoms with Crippen LogP contribution < -0.4 is 21.3 Å². The molecular weight excluding hydrogens is 424 g/mol. The second kappa shape index (κ2) is 12.7. The summed E-state index contributed by atoms with van der Waals surface area (Å²) in [6.45, 7) is 1.53. The van der Waals surface area contributed by atoms with E-state index in [0.717, 1.165) is 64.5 Å².